The molecule has 2 aromatic heterocycles. The van der Waals surface area contributed by atoms with Gasteiger partial charge >= 0.3 is 0 Å². The predicted molar refractivity (Wildman–Crippen MR) is 52.3 cm³/mol. The highest BCUT2D eigenvalue weighted by molar-refractivity contribution is 5.89. The fraction of sp³-hybridized carbons (Fsp3) is 0.375. The van der Waals surface area contributed by atoms with E-state index in [9.17, 15) is 4.79 Å². The van der Waals surface area contributed by atoms with Gasteiger partial charge in [-0.3, -0.25) is 4.79 Å². The average molecular weight is 222 g/mol. The molecule has 1 N–H and O–H groups in total. The molecule has 0 atom stereocenters. The Morgan fingerprint density at radius 3 is 3.12 bits per heavy atom. The van der Waals surface area contributed by atoms with Gasteiger partial charge in [-0.15, -0.1) is 5.10 Å². The van der Waals surface area contributed by atoms with Crippen molar-refractivity contribution in [3.8, 4) is 0 Å². The quantitative estimate of drug-likeness (QED) is 0.781. The molecule has 1 amide bonds. The van der Waals surface area contributed by atoms with Crippen LogP contribution in [-0.2, 0) is 11.3 Å². The van der Waals surface area contributed by atoms with E-state index in [1.165, 1.54) is 11.0 Å². The monoisotopic (exact) mass is 222 g/mol. The van der Waals surface area contributed by atoms with Gasteiger partial charge in [0.2, 0.25) is 5.91 Å². The molecule has 0 fully saturated rings. The molecule has 0 radical (unpaired) electrons. The second-order valence-electron chi connectivity index (χ2n) is 3.19. The van der Waals surface area contributed by atoms with E-state index >= 15 is 0 Å². The first-order chi connectivity index (χ1) is 7.74. The van der Waals surface area contributed by atoms with Crippen LogP contribution in [0.3, 0.4) is 0 Å². The first-order valence-electron chi connectivity index (χ1n) is 4.68. The maximum Gasteiger partial charge on any atom is 0.227 e. The smallest absolute Gasteiger partial charge is 0.227 e. The molecule has 0 aliphatic rings. The molecule has 0 unspecified atom stereocenters. The summed E-state index contributed by atoms with van der Waals surface area (Å²) in [7, 11) is 0. The number of carbonyl (C=O) groups is 1. The molecule has 0 saturated carbocycles. The second kappa shape index (κ2) is 4.51. The summed E-state index contributed by atoms with van der Waals surface area (Å²) in [5.41, 5.74) is 0. The molecule has 0 bridgehead atoms. The summed E-state index contributed by atoms with van der Waals surface area (Å²) in [5.74, 6) is 0.902. The van der Waals surface area contributed by atoms with E-state index in [1.54, 1.807) is 13.0 Å². The maximum absolute atomic E-state index is 11.4. The summed E-state index contributed by atoms with van der Waals surface area (Å²) in [6.45, 7) is 2.18. The zero-order valence-electron chi connectivity index (χ0n) is 8.62. The molecule has 84 valence electrons. The van der Waals surface area contributed by atoms with Gasteiger partial charge in [0.05, 0.1) is 6.54 Å². The standard InChI is InChI=1S/C8H10N6O2/c1-6-4-7(11-16-6)10-8(15)2-3-14-5-9-12-13-14/h4-5H,2-3H2,1H3,(H,10,11,15). The van der Waals surface area contributed by atoms with Crippen LogP contribution in [0.2, 0.25) is 0 Å². The summed E-state index contributed by atoms with van der Waals surface area (Å²) >= 11 is 0. The number of aryl methyl sites for hydroxylation is 2. The van der Waals surface area contributed by atoms with Gasteiger partial charge in [-0.25, -0.2) is 4.68 Å². The van der Waals surface area contributed by atoms with Gasteiger partial charge < -0.3 is 9.84 Å². The van der Waals surface area contributed by atoms with Gasteiger partial charge in [-0.1, -0.05) is 5.16 Å². The van der Waals surface area contributed by atoms with Crippen LogP contribution in [0.1, 0.15) is 12.2 Å². The predicted octanol–water partition coefficient (Wildman–Crippen LogP) is -0.00168. The lowest BCUT2D eigenvalue weighted by Gasteiger charge is -2.00. The Hall–Kier alpha value is -2.25. The van der Waals surface area contributed by atoms with Crippen LogP contribution in [0.15, 0.2) is 16.9 Å². The lowest BCUT2D eigenvalue weighted by atomic mass is 10.4. The SMILES string of the molecule is Cc1cc(NC(=O)CCn2cnnn2)no1. The minimum absolute atomic E-state index is 0.163. The fourth-order valence-corrected chi connectivity index (χ4v) is 1.13. The number of aromatic nitrogens is 5. The van der Waals surface area contributed by atoms with Crippen molar-refractivity contribution in [2.75, 3.05) is 5.32 Å². The topological polar surface area (TPSA) is 98.7 Å². The summed E-state index contributed by atoms with van der Waals surface area (Å²) in [5, 5.41) is 16.8. The number of anilines is 1. The summed E-state index contributed by atoms with van der Waals surface area (Å²) in [6.07, 6.45) is 1.73. The molecule has 2 heterocycles. The van der Waals surface area contributed by atoms with Crippen LogP contribution in [0.4, 0.5) is 5.82 Å². The maximum atomic E-state index is 11.4. The Morgan fingerprint density at radius 1 is 1.62 bits per heavy atom. The number of rotatable bonds is 4. The van der Waals surface area contributed by atoms with Crippen molar-refractivity contribution in [3.05, 3.63) is 18.2 Å². The molecule has 0 aliphatic heterocycles. The first kappa shape index (κ1) is 10.3. The molecule has 16 heavy (non-hydrogen) atoms. The largest absolute Gasteiger partial charge is 0.360 e. The molecular formula is C8H10N6O2. The highest BCUT2D eigenvalue weighted by Crippen LogP contribution is 2.07. The third-order valence-electron chi connectivity index (χ3n) is 1.85. The molecule has 0 saturated heterocycles. The van der Waals surface area contributed by atoms with E-state index < -0.39 is 0 Å². The van der Waals surface area contributed by atoms with E-state index in [2.05, 4.69) is 26.0 Å². The van der Waals surface area contributed by atoms with E-state index in [0.29, 0.717) is 18.1 Å². The minimum Gasteiger partial charge on any atom is -0.360 e. The van der Waals surface area contributed by atoms with Crippen LogP contribution in [-0.4, -0.2) is 31.3 Å². The van der Waals surface area contributed by atoms with E-state index in [4.69, 9.17) is 4.52 Å². The van der Waals surface area contributed by atoms with Crippen LogP contribution in [0.25, 0.3) is 0 Å². The normalized spacial score (nSPS) is 10.3. The number of nitrogens with one attached hydrogen (secondary N) is 1. The van der Waals surface area contributed by atoms with Crippen molar-refractivity contribution >= 4 is 11.7 Å². The van der Waals surface area contributed by atoms with Gasteiger partial charge in [0.1, 0.15) is 12.1 Å². The summed E-state index contributed by atoms with van der Waals surface area (Å²) in [4.78, 5) is 11.4. The van der Waals surface area contributed by atoms with Crippen molar-refractivity contribution in [2.24, 2.45) is 0 Å². The zero-order chi connectivity index (χ0) is 11.4. The Kier molecular flexibility index (Phi) is 2.90. The van der Waals surface area contributed by atoms with Crippen molar-refractivity contribution in [1.82, 2.24) is 25.4 Å². The van der Waals surface area contributed by atoms with Gasteiger partial charge in [0.15, 0.2) is 5.82 Å². The van der Waals surface area contributed by atoms with Crippen molar-refractivity contribution in [3.63, 3.8) is 0 Å². The van der Waals surface area contributed by atoms with Crippen molar-refractivity contribution in [2.45, 2.75) is 19.9 Å². The minimum atomic E-state index is -0.163. The first-order valence-corrected chi connectivity index (χ1v) is 4.68. The van der Waals surface area contributed by atoms with Crippen LogP contribution >= 0.6 is 0 Å². The highest BCUT2D eigenvalue weighted by Gasteiger charge is 2.06. The van der Waals surface area contributed by atoms with Gasteiger partial charge in [-0.2, -0.15) is 0 Å². The van der Waals surface area contributed by atoms with Gasteiger partial charge in [0, 0.05) is 12.5 Å². The van der Waals surface area contributed by atoms with E-state index in [-0.39, 0.29) is 12.3 Å². The Bertz CT molecular complexity index is 463. The number of hydrogen-bond acceptors (Lipinski definition) is 6. The number of amides is 1. The summed E-state index contributed by atoms with van der Waals surface area (Å²) < 4.78 is 6.29. The fourth-order valence-electron chi connectivity index (χ4n) is 1.13. The average Bonchev–Trinajstić information content (AvgIpc) is 2.87. The lowest BCUT2D eigenvalue weighted by Crippen LogP contribution is -2.14. The number of tetrazole rings is 1. The zero-order valence-corrected chi connectivity index (χ0v) is 8.62. The second-order valence-corrected chi connectivity index (χ2v) is 3.19. The van der Waals surface area contributed by atoms with Crippen LogP contribution in [0.5, 0.6) is 0 Å². The molecule has 0 aliphatic carbocycles. The molecule has 2 rings (SSSR count). The van der Waals surface area contributed by atoms with Gasteiger partial charge in [0.25, 0.3) is 0 Å². The Labute approximate surface area is 90.6 Å². The highest BCUT2D eigenvalue weighted by atomic mass is 16.5. The van der Waals surface area contributed by atoms with Crippen molar-refractivity contribution in [1.29, 1.82) is 0 Å². The molecular weight excluding hydrogens is 212 g/mol. The molecule has 8 heteroatoms. The molecule has 8 nitrogen and oxygen atoms in total. The number of carbonyl (C=O) groups excluding carboxylic acids is 1. The molecule has 0 aromatic carbocycles. The van der Waals surface area contributed by atoms with Crippen molar-refractivity contribution < 1.29 is 9.32 Å². The van der Waals surface area contributed by atoms with Crippen LogP contribution in [0, 0.1) is 6.92 Å². The Balaban J connectivity index is 1.81. The van der Waals surface area contributed by atoms with Gasteiger partial charge in [-0.05, 0) is 17.4 Å². The molecule has 2 aromatic rings. The van der Waals surface area contributed by atoms with E-state index in [1.807, 2.05) is 0 Å². The van der Waals surface area contributed by atoms with Crippen LogP contribution < -0.4 is 5.32 Å². The lowest BCUT2D eigenvalue weighted by molar-refractivity contribution is -0.116. The summed E-state index contributed by atoms with van der Waals surface area (Å²) in [6, 6.07) is 1.65. The molecule has 0 spiro atoms. The number of hydrogen-bond donors (Lipinski definition) is 1. The third-order valence-corrected chi connectivity index (χ3v) is 1.85. The third kappa shape index (κ3) is 2.62. The Morgan fingerprint density at radius 2 is 2.50 bits per heavy atom. The number of nitrogens with zero attached hydrogens (tertiary/aromatic N) is 5. The van der Waals surface area contributed by atoms with E-state index in [0.717, 1.165) is 0 Å².